The van der Waals surface area contributed by atoms with Gasteiger partial charge in [0.05, 0.1) is 25.3 Å². The number of rotatable bonds is 4. The van der Waals surface area contributed by atoms with Crippen molar-refractivity contribution in [2.24, 2.45) is 0 Å². The molecule has 0 aliphatic carbocycles. The second-order valence-corrected chi connectivity index (χ2v) is 4.98. The Morgan fingerprint density at radius 1 is 0.731 bits per heavy atom. The van der Waals surface area contributed by atoms with Crippen LogP contribution in [0.15, 0.2) is 48.5 Å². The zero-order valence-electron chi connectivity index (χ0n) is 14.2. The third-order valence-corrected chi connectivity index (χ3v) is 3.21. The van der Waals surface area contributed by atoms with E-state index in [0.717, 1.165) is 0 Å². The van der Waals surface area contributed by atoms with Gasteiger partial charge in [-0.05, 0) is 35.2 Å². The lowest BCUT2D eigenvalue weighted by Crippen LogP contribution is -2.30. The van der Waals surface area contributed by atoms with E-state index in [1.165, 1.54) is 50.6 Å². The van der Waals surface area contributed by atoms with Crippen molar-refractivity contribution in [1.29, 1.82) is 0 Å². The second kappa shape index (κ2) is 10.4. The van der Waals surface area contributed by atoms with Gasteiger partial charge >= 0.3 is 26.2 Å². The molecular formula is C16H18B2O8. The average Bonchev–Trinajstić information content (AvgIpc) is 2.67. The van der Waals surface area contributed by atoms with Gasteiger partial charge in [-0.2, -0.15) is 0 Å². The monoisotopic (exact) mass is 360 g/mol. The van der Waals surface area contributed by atoms with Crippen LogP contribution in [-0.4, -0.2) is 60.5 Å². The van der Waals surface area contributed by atoms with Crippen LogP contribution in [-0.2, 0) is 9.47 Å². The third-order valence-electron chi connectivity index (χ3n) is 3.21. The van der Waals surface area contributed by atoms with Crippen LogP contribution < -0.4 is 10.9 Å². The van der Waals surface area contributed by atoms with Crippen molar-refractivity contribution in [3.8, 4) is 0 Å². The van der Waals surface area contributed by atoms with Crippen molar-refractivity contribution in [2.45, 2.75) is 0 Å². The zero-order chi connectivity index (χ0) is 19.7. The van der Waals surface area contributed by atoms with Crippen LogP contribution in [0.3, 0.4) is 0 Å². The Bertz CT molecular complexity index is 685. The Labute approximate surface area is 150 Å². The number of benzene rings is 2. The van der Waals surface area contributed by atoms with Crippen LogP contribution in [0.5, 0.6) is 0 Å². The van der Waals surface area contributed by atoms with Gasteiger partial charge in [0.2, 0.25) is 0 Å². The van der Waals surface area contributed by atoms with E-state index >= 15 is 0 Å². The topological polar surface area (TPSA) is 134 Å². The number of methoxy groups -OCH3 is 2. The predicted octanol–water partition coefficient (Wildman–Crippen LogP) is -1.69. The molecule has 0 spiro atoms. The van der Waals surface area contributed by atoms with E-state index in [2.05, 4.69) is 9.47 Å². The summed E-state index contributed by atoms with van der Waals surface area (Å²) in [6.07, 6.45) is 0. The smallest absolute Gasteiger partial charge is 0.465 e. The van der Waals surface area contributed by atoms with Gasteiger partial charge in [-0.1, -0.05) is 24.3 Å². The predicted molar refractivity (Wildman–Crippen MR) is 95.2 cm³/mol. The molecule has 2 aromatic rings. The van der Waals surface area contributed by atoms with E-state index in [-0.39, 0.29) is 10.9 Å². The standard InChI is InChI=1S/2C8H9BO4/c2*1-13-8(10)6-3-2-4-7(5-6)9(11)12/h2*2-5,11-12H,1H3. The number of carbonyl (C=O) groups excluding carboxylic acids is 2. The minimum atomic E-state index is -1.57. The van der Waals surface area contributed by atoms with Crippen LogP contribution in [0.4, 0.5) is 0 Å². The largest absolute Gasteiger partial charge is 0.488 e. The Morgan fingerprint density at radius 3 is 1.35 bits per heavy atom. The summed E-state index contributed by atoms with van der Waals surface area (Å²) in [6.45, 7) is 0. The molecule has 26 heavy (non-hydrogen) atoms. The van der Waals surface area contributed by atoms with Crippen molar-refractivity contribution < 1.29 is 39.2 Å². The first-order chi connectivity index (χ1) is 12.3. The van der Waals surface area contributed by atoms with Gasteiger partial charge in [0.15, 0.2) is 0 Å². The molecule has 0 amide bonds. The van der Waals surface area contributed by atoms with E-state index in [9.17, 15) is 9.59 Å². The van der Waals surface area contributed by atoms with Gasteiger partial charge < -0.3 is 29.6 Å². The molecule has 0 aliphatic heterocycles. The van der Waals surface area contributed by atoms with Crippen LogP contribution in [0.25, 0.3) is 0 Å². The van der Waals surface area contributed by atoms with Crippen molar-refractivity contribution in [2.75, 3.05) is 14.2 Å². The summed E-state index contributed by atoms with van der Waals surface area (Å²) in [7, 11) is -0.594. The van der Waals surface area contributed by atoms with E-state index < -0.39 is 26.2 Å². The van der Waals surface area contributed by atoms with Gasteiger partial charge in [-0.15, -0.1) is 0 Å². The molecule has 0 unspecified atom stereocenters. The van der Waals surface area contributed by atoms with Crippen LogP contribution in [0.2, 0.25) is 0 Å². The van der Waals surface area contributed by atoms with Crippen LogP contribution in [0.1, 0.15) is 20.7 Å². The molecule has 0 radical (unpaired) electrons. The first kappa shape index (κ1) is 21.4. The first-order valence-electron chi connectivity index (χ1n) is 7.39. The lowest BCUT2D eigenvalue weighted by molar-refractivity contribution is 0.0592. The number of hydrogen-bond donors (Lipinski definition) is 4. The molecule has 2 rings (SSSR count). The maximum Gasteiger partial charge on any atom is 0.488 e. The lowest BCUT2D eigenvalue weighted by Gasteiger charge is -2.02. The Morgan fingerprint density at radius 2 is 1.08 bits per heavy atom. The molecule has 0 aliphatic rings. The van der Waals surface area contributed by atoms with Gasteiger partial charge in [-0.3, -0.25) is 0 Å². The average molecular weight is 360 g/mol. The summed E-state index contributed by atoms with van der Waals surface area (Å²) >= 11 is 0. The maximum absolute atomic E-state index is 11.0. The summed E-state index contributed by atoms with van der Waals surface area (Å²) in [6, 6.07) is 12.0. The number of ether oxygens (including phenoxy) is 2. The Kier molecular flexibility index (Phi) is 8.53. The van der Waals surface area contributed by atoms with Crippen molar-refractivity contribution in [3.05, 3.63) is 59.7 Å². The van der Waals surface area contributed by atoms with Crippen LogP contribution >= 0.6 is 0 Å². The number of esters is 2. The van der Waals surface area contributed by atoms with Gasteiger partial charge in [0.1, 0.15) is 0 Å². The highest BCUT2D eigenvalue weighted by molar-refractivity contribution is 6.59. The molecule has 4 N–H and O–H groups in total. The first-order valence-corrected chi connectivity index (χ1v) is 7.39. The highest BCUT2D eigenvalue weighted by atomic mass is 16.5. The quantitative estimate of drug-likeness (QED) is 0.375. The van der Waals surface area contributed by atoms with E-state index in [4.69, 9.17) is 20.1 Å². The fraction of sp³-hybridized carbons (Fsp3) is 0.125. The molecule has 0 atom stereocenters. The minimum absolute atomic E-state index is 0.267. The molecule has 8 nitrogen and oxygen atoms in total. The minimum Gasteiger partial charge on any atom is -0.465 e. The molecule has 136 valence electrons. The van der Waals surface area contributed by atoms with Gasteiger partial charge in [-0.25, -0.2) is 9.59 Å². The fourth-order valence-corrected chi connectivity index (χ4v) is 1.89. The fourth-order valence-electron chi connectivity index (χ4n) is 1.89. The summed E-state index contributed by atoms with van der Waals surface area (Å²) in [5, 5.41) is 35.2. The summed E-state index contributed by atoms with van der Waals surface area (Å²) in [4.78, 5) is 22.0. The molecular weight excluding hydrogens is 342 g/mol. The summed E-state index contributed by atoms with van der Waals surface area (Å²) in [5.74, 6) is -0.995. The number of carbonyl (C=O) groups is 2. The Balaban J connectivity index is 0.000000260. The van der Waals surface area contributed by atoms with Gasteiger partial charge in [0.25, 0.3) is 0 Å². The normalized spacial score (nSPS) is 9.46. The molecule has 0 aromatic heterocycles. The summed E-state index contributed by atoms with van der Waals surface area (Å²) in [5.41, 5.74) is 1.13. The van der Waals surface area contributed by atoms with Crippen molar-refractivity contribution >= 4 is 37.1 Å². The van der Waals surface area contributed by atoms with E-state index in [1.54, 1.807) is 12.1 Å². The highest BCUT2D eigenvalue weighted by Gasteiger charge is 2.14. The lowest BCUT2D eigenvalue weighted by atomic mass is 9.80. The molecule has 0 heterocycles. The molecule has 0 fully saturated rings. The zero-order valence-corrected chi connectivity index (χ0v) is 14.2. The molecule has 0 saturated carbocycles. The summed E-state index contributed by atoms with van der Waals surface area (Å²) < 4.78 is 8.94. The SMILES string of the molecule is COC(=O)c1cccc(B(O)O)c1.COC(=O)c1cccc(B(O)O)c1. The molecule has 0 saturated heterocycles. The van der Waals surface area contributed by atoms with Crippen LogP contribution in [0, 0.1) is 0 Å². The maximum atomic E-state index is 11.0. The van der Waals surface area contributed by atoms with E-state index in [1.807, 2.05) is 0 Å². The number of hydrogen-bond acceptors (Lipinski definition) is 8. The molecule has 0 bridgehead atoms. The second-order valence-electron chi connectivity index (χ2n) is 4.98. The van der Waals surface area contributed by atoms with Crippen molar-refractivity contribution in [1.82, 2.24) is 0 Å². The highest BCUT2D eigenvalue weighted by Crippen LogP contribution is 1.99. The Hall–Kier alpha value is -2.65. The van der Waals surface area contributed by atoms with Gasteiger partial charge in [0, 0.05) is 0 Å². The van der Waals surface area contributed by atoms with Crippen molar-refractivity contribution in [3.63, 3.8) is 0 Å². The van der Waals surface area contributed by atoms with E-state index in [0.29, 0.717) is 11.1 Å². The third kappa shape index (κ3) is 6.34. The molecule has 2 aromatic carbocycles. The molecule has 10 heteroatoms.